The first-order valence-electron chi connectivity index (χ1n) is 11.4. The number of nitrogens with one attached hydrogen (secondary N) is 1. The number of anilines is 1. The summed E-state index contributed by atoms with van der Waals surface area (Å²) in [6, 6.07) is 5.83. The van der Waals surface area contributed by atoms with E-state index in [2.05, 4.69) is 19.7 Å². The van der Waals surface area contributed by atoms with Crippen molar-refractivity contribution in [1.82, 2.24) is 24.2 Å². The molecule has 1 aliphatic rings. The third-order valence-electron chi connectivity index (χ3n) is 5.84. The molecular weight excluding hydrogens is 540 g/mol. The van der Waals surface area contributed by atoms with Crippen molar-refractivity contribution in [2.24, 2.45) is 0 Å². The van der Waals surface area contributed by atoms with Gasteiger partial charge in [0.25, 0.3) is 0 Å². The smallest absolute Gasteiger partial charge is 0.362 e. The minimum absolute atomic E-state index is 0.0107. The molecule has 1 amide bonds. The van der Waals surface area contributed by atoms with Gasteiger partial charge in [-0.15, -0.1) is 0 Å². The quantitative estimate of drug-likeness (QED) is 0.168. The van der Waals surface area contributed by atoms with Crippen LogP contribution in [0.25, 0.3) is 11.2 Å². The number of amides is 1. The van der Waals surface area contributed by atoms with Crippen LogP contribution in [0.15, 0.2) is 36.9 Å². The second-order valence-electron chi connectivity index (χ2n) is 8.35. The molecule has 1 fully saturated rings. The lowest BCUT2D eigenvalue weighted by atomic mass is 10.0. The van der Waals surface area contributed by atoms with E-state index in [0.717, 1.165) is 7.11 Å². The SMILES string of the molecule is COC(=O)c1ccccc1C(=O)CCC(=O)NS(=O)(=O)OC[C@H]1O[C@@H](n2cnc3c(N)ncnc32)[C@H](O)[C@@H]1O. The number of aliphatic hydroxyl groups is 2. The van der Waals surface area contributed by atoms with Crippen LogP contribution < -0.4 is 10.5 Å². The molecule has 1 aliphatic heterocycles. The molecule has 1 aromatic carbocycles. The number of hydrogen-bond acceptors (Lipinski definition) is 14. The maximum Gasteiger partial charge on any atom is 0.362 e. The summed E-state index contributed by atoms with van der Waals surface area (Å²) in [5.74, 6) is -2.28. The number of nitrogen functional groups attached to an aromatic ring is 1. The molecule has 3 aromatic rings. The summed E-state index contributed by atoms with van der Waals surface area (Å²) in [6.45, 7) is -0.757. The standard InChI is InChI=1S/C22H24N6O10S/c1-36-22(33)12-5-3-2-4-11(12)13(29)6-7-15(30)27-39(34,35)37-8-14-17(31)18(32)21(38-14)28-10-26-16-19(23)24-9-25-20(16)28/h2-5,9-10,14,17-18,21,31-32H,6-8H2,1H3,(H,27,30)(H2,23,24,25)/t14-,17-,18-,21-/m1/s1. The Morgan fingerprint density at radius 2 is 1.82 bits per heavy atom. The van der Waals surface area contributed by atoms with Crippen LogP contribution >= 0.6 is 0 Å². The van der Waals surface area contributed by atoms with Crippen LogP contribution in [0.3, 0.4) is 0 Å². The molecule has 0 aliphatic carbocycles. The molecule has 16 nitrogen and oxygen atoms in total. The van der Waals surface area contributed by atoms with Gasteiger partial charge in [0.05, 0.1) is 25.6 Å². The molecule has 5 N–H and O–H groups in total. The van der Waals surface area contributed by atoms with Gasteiger partial charge >= 0.3 is 16.3 Å². The fraction of sp³-hybridized carbons (Fsp3) is 0.364. The van der Waals surface area contributed by atoms with E-state index in [1.54, 1.807) is 4.72 Å². The highest BCUT2D eigenvalue weighted by molar-refractivity contribution is 7.85. The Morgan fingerprint density at radius 3 is 2.54 bits per heavy atom. The van der Waals surface area contributed by atoms with Gasteiger partial charge in [-0.05, 0) is 6.07 Å². The number of ether oxygens (including phenoxy) is 2. The molecule has 3 heterocycles. The zero-order valence-corrected chi connectivity index (χ0v) is 21.1. The van der Waals surface area contributed by atoms with Crippen molar-refractivity contribution in [3.05, 3.63) is 48.0 Å². The van der Waals surface area contributed by atoms with Gasteiger partial charge in [0.1, 0.15) is 30.2 Å². The second kappa shape index (κ2) is 11.4. The molecule has 2 aromatic heterocycles. The minimum Gasteiger partial charge on any atom is -0.465 e. The van der Waals surface area contributed by atoms with Crippen molar-refractivity contribution in [3.63, 3.8) is 0 Å². The number of methoxy groups -OCH3 is 1. The van der Waals surface area contributed by atoms with Crippen LogP contribution in [-0.2, 0) is 28.8 Å². The van der Waals surface area contributed by atoms with Gasteiger partial charge in [-0.1, -0.05) is 18.2 Å². The fourth-order valence-corrected chi connectivity index (χ4v) is 4.66. The first kappa shape index (κ1) is 28.0. The zero-order valence-electron chi connectivity index (χ0n) is 20.3. The van der Waals surface area contributed by atoms with Crippen LogP contribution in [0.5, 0.6) is 0 Å². The van der Waals surface area contributed by atoms with Crippen molar-refractivity contribution >= 4 is 44.9 Å². The molecule has 39 heavy (non-hydrogen) atoms. The Morgan fingerprint density at radius 1 is 1.10 bits per heavy atom. The number of benzene rings is 1. The molecule has 4 atom stereocenters. The van der Waals surface area contributed by atoms with E-state index in [0.29, 0.717) is 0 Å². The summed E-state index contributed by atoms with van der Waals surface area (Å²) in [4.78, 5) is 48.4. The molecular formula is C22H24N6O10S. The maximum absolute atomic E-state index is 12.5. The highest BCUT2D eigenvalue weighted by Crippen LogP contribution is 2.32. The highest BCUT2D eigenvalue weighted by atomic mass is 32.2. The van der Waals surface area contributed by atoms with Gasteiger partial charge in [-0.3, -0.25) is 18.3 Å². The number of fused-ring (bicyclic) bond motifs is 1. The summed E-state index contributed by atoms with van der Waals surface area (Å²) in [7, 11) is -3.52. The number of carbonyl (C=O) groups excluding carboxylic acids is 3. The molecule has 0 saturated carbocycles. The summed E-state index contributed by atoms with van der Waals surface area (Å²) in [6.07, 6.45) is -4.09. The Labute approximate surface area is 221 Å². The Bertz CT molecular complexity index is 1510. The van der Waals surface area contributed by atoms with Gasteiger partial charge in [0.15, 0.2) is 23.5 Å². The van der Waals surface area contributed by atoms with E-state index in [9.17, 15) is 33.0 Å². The van der Waals surface area contributed by atoms with E-state index >= 15 is 0 Å². The minimum atomic E-state index is -4.67. The molecule has 0 radical (unpaired) electrons. The summed E-state index contributed by atoms with van der Waals surface area (Å²) >= 11 is 0. The Kier molecular flexibility index (Phi) is 8.17. The fourth-order valence-electron chi connectivity index (χ4n) is 3.91. The van der Waals surface area contributed by atoms with Gasteiger partial charge < -0.3 is 25.4 Å². The van der Waals surface area contributed by atoms with E-state index in [-0.39, 0.29) is 28.1 Å². The maximum atomic E-state index is 12.5. The third-order valence-corrected chi connectivity index (χ3v) is 6.76. The Hall–Kier alpha value is -4.03. The van der Waals surface area contributed by atoms with E-state index in [1.165, 1.54) is 41.5 Å². The zero-order chi connectivity index (χ0) is 28.3. The number of esters is 1. The van der Waals surface area contributed by atoms with Crippen LogP contribution in [0, 0.1) is 0 Å². The van der Waals surface area contributed by atoms with Crippen molar-refractivity contribution in [3.8, 4) is 0 Å². The number of carbonyl (C=O) groups is 3. The predicted octanol–water partition coefficient (Wildman–Crippen LogP) is -1.14. The molecule has 4 rings (SSSR count). The monoisotopic (exact) mass is 564 g/mol. The lowest BCUT2D eigenvalue weighted by Crippen LogP contribution is -2.37. The van der Waals surface area contributed by atoms with Gasteiger partial charge in [-0.2, -0.15) is 8.42 Å². The van der Waals surface area contributed by atoms with Crippen LogP contribution in [0.1, 0.15) is 39.8 Å². The van der Waals surface area contributed by atoms with Gasteiger partial charge in [0, 0.05) is 18.4 Å². The molecule has 17 heteroatoms. The number of hydrogen-bond donors (Lipinski definition) is 4. The average molecular weight is 565 g/mol. The highest BCUT2D eigenvalue weighted by Gasteiger charge is 2.45. The molecule has 0 spiro atoms. The second-order valence-corrected chi connectivity index (χ2v) is 9.70. The van der Waals surface area contributed by atoms with Crippen molar-refractivity contribution in [2.45, 2.75) is 37.4 Å². The first-order chi connectivity index (χ1) is 18.5. The summed E-state index contributed by atoms with van der Waals surface area (Å²) in [5.41, 5.74) is 6.23. The summed E-state index contributed by atoms with van der Waals surface area (Å²) < 4.78 is 42.4. The number of aliphatic hydroxyl groups excluding tert-OH is 2. The number of aromatic nitrogens is 4. The largest absolute Gasteiger partial charge is 0.465 e. The average Bonchev–Trinajstić information content (AvgIpc) is 3.47. The van der Waals surface area contributed by atoms with Crippen molar-refractivity contribution < 1.29 is 46.7 Å². The molecule has 0 bridgehead atoms. The van der Waals surface area contributed by atoms with Crippen molar-refractivity contribution in [1.29, 1.82) is 0 Å². The number of nitrogens with two attached hydrogens (primary N) is 1. The van der Waals surface area contributed by atoms with Crippen molar-refractivity contribution in [2.75, 3.05) is 19.5 Å². The number of ketones is 1. The number of imidazole rings is 1. The molecule has 1 saturated heterocycles. The van der Waals surface area contributed by atoms with Crippen LogP contribution in [0.2, 0.25) is 0 Å². The number of Topliss-reactive ketones (excluding diaryl/α,β-unsaturated/α-hetero) is 1. The normalized spacial score (nSPS) is 21.1. The Balaban J connectivity index is 1.32. The van der Waals surface area contributed by atoms with Crippen LogP contribution in [0.4, 0.5) is 5.82 Å². The lowest BCUT2D eigenvalue weighted by Gasteiger charge is -2.16. The number of rotatable bonds is 10. The van der Waals surface area contributed by atoms with E-state index in [1.807, 2.05) is 0 Å². The molecule has 0 unspecified atom stereocenters. The number of nitrogens with zero attached hydrogens (tertiary/aromatic N) is 4. The van der Waals surface area contributed by atoms with Crippen LogP contribution in [-0.4, -0.2) is 87.8 Å². The topological polar surface area (TPSA) is 235 Å². The van der Waals surface area contributed by atoms with E-state index < -0.39 is 72.0 Å². The lowest BCUT2D eigenvalue weighted by molar-refractivity contribution is -0.119. The predicted molar refractivity (Wildman–Crippen MR) is 130 cm³/mol. The van der Waals surface area contributed by atoms with Gasteiger partial charge in [0.2, 0.25) is 5.91 Å². The summed E-state index contributed by atoms with van der Waals surface area (Å²) in [5, 5.41) is 20.8. The van der Waals surface area contributed by atoms with Gasteiger partial charge in [-0.25, -0.2) is 24.5 Å². The molecule has 208 valence electrons. The third kappa shape index (κ3) is 6.02. The van der Waals surface area contributed by atoms with E-state index in [4.69, 9.17) is 14.7 Å². The first-order valence-corrected chi connectivity index (χ1v) is 12.8.